The molecule has 1 saturated heterocycles. The van der Waals surface area contributed by atoms with Gasteiger partial charge < -0.3 is 9.88 Å². The summed E-state index contributed by atoms with van der Waals surface area (Å²) in [5.74, 6) is 1.64. The molecule has 4 nitrogen and oxygen atoms in total. The van der Waals surface area contributed by atoms with Gasteiger partial charge in [-0.2, -0.15) is 0 Å². The first-order valence-electron chi connectivity index (χ1n) is 5.32. The highest BCUT2D eigenvalue weighted by molar-refractivity contribution is 5.70. The van der Waals surface area contributed by atoms with Crippen LogP contribution in [-0.4, -0.2) is 40.0 Å². The summed E-state index contributed by atoms with van der Waals surface area (Å²) in [5, 5.41) is 0. The maximum absolute atomic E-state index is 4.54. The van der Waals surface area contributed by atoms with Crippen molar-refractivity contribution in [2.75, 3.05) is 20.1 Å². The van der Waals surface area contributed by atoms with Gasteiger partial charge in [-0.25, -0.2) is 9.97 Å². The van der Waals surface area contributed by atoms with Crippen molar-refractivity contribution < 1.29 is 0 Å². The number of likely N-dealkylation sites (tertiary alicyclic amines) is 1. The second-order valence-electron chi connectivity index (χ2n) is 4.24. The van der Waals surface area contributed by atoms with Crippen LogP contribution in [0.3, 0.4) is 0 Å². The minimum absolute atomic E-state index is 0.546. The van der Waals surface area contributed by atoms with Crippen molar-refractivity contribution in [2.45, 2.75) is 12.3 Å². The van der Waals surface area contributed by atoms with Crippen LogP contribution in [0.2, 0.25) is 0 Å². The molecule has 0 spiro atoms. The van der Waals surface area contributed by atoms with Crippen LogP contribution in [0.5, 0.6) is 0 Å². The number of H-pyrrole nitrogens is 1. The summed E-state index contributed by atoms with van der Waals surface area (Å²) in [6, 6.07) is 3.96. The van der Waals surface area contributed by atoms with Gasteiger partial charge in [0.2, 0.25) is 0 Å². The molecule has 3 rings (SSSR count). The molecule has 2 aromatic heterocycles. The normalized spacial score (nSPS) is 22.6. The van der Waals surface area contributed by atoms with Crippen molar-refractivity contribution >= 4 is 11.2 Å². The van der Waals surface area contributed by atoms with Crippen molar-refractivity contribution in [1.82, 2.24) is 19.9 Å². The van der Waals surface area contributed by atoms with Gasteiger partial charge in [0.1, 0.15) is 5.82 Å². The first-order chi connectivity index (χ1) is 7.33. The number of aromatic amines is 1. The molecule has 4 heteroatoms. The van der Waals surface area contributed by atoms with E-state index in [-0.39, 0.29) is 0 Å². The fourth-order valence-electron chi connectivity index (χ4n) is 2.22. The number of fused-ring (bicyclic) bond motifs is 1. The fourth-order valence-corrected chi connectivity index (χ4v) is 2.22. The van der Waals surface area contributed by atoms with Gasteiger partial charge in [-0.15, -0.1) is 0 Å². The van der Waals surface area contributed by atoms with Crippen LogP contribution >= 0.6 is 0 Å². The Morgan fingerprint density at radius 3 is 3.20 bits per heavy atom. The van der Waals surface area contributed by atoms with E-state index in [1.54, 1.807) is 6.20 Å². The van der Waals surface area contributed by atoms with E-state index in [2.05, 4.69) is 26.9 Å². The predicted molar refractivity (Wildman–Crippen MR) is 58.7 cm³/mol. The second kappa shape index (κ2) is 3.31. The Morgan fingerprint density at radius 1 is 1.53 bits per heavy atom. The standard InChI is InChI=1S/C11H14N4/c1-15-6-4-8(7-15)10-13-9-3-2-5-12-11(9)14-10/h2-3,5,8H,4,6-7H2,1H3,(H,12,13,14). The summed E-state index contributed by atoms with van der Waals surface area (Å²) in [6.45, 7) is 2.26. The molecule has 2 aromatic rings. The number of imidazole rings is 1. The SMILES string of the molecule is CN1CCC(c2nc3ncccc3[nH]2)C1. The summed E-state index contributed by atoms with van der Waals surface area (Å²) in [5.41, 5.74) is 1.88. The third kappa shape index (κ3) is 1.51. The van der Waals surface area contributed by atoms with Crippen LogP contribution in [0.25, 0.3) is 11.2 Å². The molecule has 1 fully saturated rings. The van der Waals surface area contributed by atoms with E-state index in [0.717, 1.165) is 30.1 Å². The van der Waals surface area contributed by atoms with E-state index in [0.29, 0.717) is 5.92 Å². The average molecular weight is 202 g/mol. The van der Waals surface area contributed by atoms with Gasteiger partial charge in [-0.05, 0) is 32.1 Å². The van der Waals surface area contributed by atoms with Gasteiger partial charge in [0, 0.05) is 18.7 Å². The molecular formula is C11H14N4. The first-order valence-corrected chi connectivity index (χ1v) is 5.32. The van der Waals surface area contributed by atoms with Gasteiger partial charge in [-0.1, -0.05) is 0 Å². The number of pyridine rings is 1. The number of hydrogen-bond donors (Lipinski definition) is 1. The van der Waals surface area contributed by atoms with Crippen LogP contribution in [0.1, 0.15) is 18.2 Å². The minimum atomic E-state index is 0.546. The zero-order chi connectivity index (χ0) is 10.3. The fraction of sp³-hybridized carbons (Fsp3) is 0.455. The Kier molecular flexibility index (Phi) is 1.95. The van der Waals surface area contributed by atoms with Crippen LogP contribution in [0.15, 0.2) is 18.3 Å². The lowest BCUT2D eigenvalue weighted by atomic mass is 10.1. The molecule has 0 radical (unpaired) electrons. The molecule has 78 valence electrons. The highest BCUT2D eigenvalue weighted by Crippen LogP contribution is 2.25. The number of aromatic nitrogens is 3. The molecule has 0 bridgehead atoms. The van der Waals surface area contributed by atoms with E-state index in [4.69, 9.17) is 0 Å². The number of nitrogens with one attached hydrogen (secondary N) is 1. The van der Waals surface area contributed by atoms with Gasteiger partial charge in [-0.3, -0.25) is 0 Å². The lowest BCUT2D eigenvalue weighted by Crippen LogP contribution is -2.13. The highest BCUT2D eigenvalue weighted by atomic mass is 15.1. The quantitative estimate of drug-likeness (QED) is 0.759. The topological polar surface area (TPSA) is 44.8 Å². The number of likely N-dealkylation sites (N-methyl/N-ethyl adjacent to an activating group) is 1. The molecule has 1 aliphatic rings. The maximum Gasteiger partial charge on any atom is 0.177 e. The average Bonchev–Trinajstić information content (AvgIpc) is 2.82. The van der Waals surface area contributed by atoms with Crippen LogP contribution in [-0.2, 0) is 0 Å². The zero-order valence-electron chi connectivity index (χ0n) is 8.77. The van der Waals surface area contributed by atoms with Crippen molar-refractivity contribution in [3.63, 3.8) is 0 Å². The summed E-state index contributed by atoms with van der Waals surface area (Å²) < 4.78 is 0. The second-order valence-corrected chi connectivity index (χ2v) is 4.24. The Bertz CT molecular complexity index is 443. The van der Waals surface area contributed by atoms with E-state index in [9.17, 15) is 0 Å². The summed E-state index contributed by atoms with van der Waals surface area (Å²) in [6.07, 6.45) is 2.98. The van der Waals surface area contributed by atoms with Crippen LogP contribution in [0, 0.1) is 0 Å². The summed E-state index contributed by atoms with van der Waals surface area (Å²) in [7, 11) is 2.15. The van der Waals surface area contributed by atoms with Gasteiger partial charge >= 0.3 is 0 Å². The molecule has 15 heavy (non-hydrogen) atoms. The largest absolute Gasteiger partial charge is 0.340 e. The molecule has 3 heterocycles. The number of rotatable bonds is 1. The third-order valence-electron chi connectivity index (χ3n) is 3.05. The molecular weight excluding hydrogens is 188 g/mol. The molecule has 1 N–H and O–H groups in total. The van der Waals surface area contributed by atoms with Gasteiger partial charge in [0.05, 0.1) is 5.52 Å². The predicted octanol–water partition coefficient (Wildman–Crippen LogP) is 1.38. The molecule has 0 saturated carbocycles. The van der Waals surface area contributed by atoms with Crippen molar-refractivity contribution in [3.8, 4) is 0 Å². The Hall–Kier alpha value is -1.42. The Balaban J connectivity index is 1.98. The first kappa shape index (κ1) is 8.85. The lowest BCUT2D eigenvalue weighted by Gasteiger charge is -2.06. The lowest BCUT2D eigenvalue weighted by molar-refractivity contribution is 0.410. The highest BCUT2D eigenvalue weighted by Gasteiger charge is 2.23. The van der Waals surface area contributed by atoms with E-state index in [1.165, 1.54) is 6.42 Å². The monoisotopic (exact) mass is 202 g/mol. The summed E-state index contributed by atoms with van der Waals surface area (Å²) in [4.78, 5) is 14.5. The zero-order valence-corrected chi connectivity index (χ0v) is 8.77. The van der Waals surface area contributed by atoms with E-state index < -0.39 is 0 Å². The molecule has 0 aliphatic carbocycles. The summed E-state index contributed by atoms with van der Waals surface area (Å²) >= 11 is 0. The van der Waals surface area contributed by atoms with Crippen molar-refractivity contribution in [3.05, 3.63) is 24.2 Å². The third-order valence-corrected chi connectivity index (χ3v) is 3.05. The number of hydrogen-bond acceptors (Lipinski definition) is 3. The molecule has 0 amide bonds. The van der Waals surface area contributed by atoms with E-state index >= 15 is 0 Å². The Labute approximate surface area is 88.3 Å². The molecule has 1 atom stereocenters. The van der Waals surface area contributed by atoms with Crippen molar-refractivity contribution in [2.24, 2.45) is 0 Å². The number of nitrogens with zero attached hydrogens (tertiary/aromatic N) is 3. The van der Waals surface area contributed by atoms with E-state index in [1.807, 2.05) is 12.1 Å². The molecule has 1 aliphatic heterocycles. The molecule has 1 unspecified atom stereocenters. The van der Waals surface area contributed by atoms with Crippen LogP contribution < -0.4 is 0 Å². The van der Waals surface area contributed by atoms with Crippen LogP contribution in [0.4, 0.5) is 0 Å². The molecule has 0 aromatic carbocycles. The van der Waals surface area contributed by atoms with Gasteiger partial charge in [0.25, 0.3) is 0 Å². The van der Waals surface area contributed by atoms with Crippen molar-refractivity contribution in [1.29, 1.82) is 0 Å². The minimum Gasteiger partial charge on any atom is -0.340 e. The Morgan fingerprint density at radius 2 is 2.47 bits per heavy atom. The van der Waals surface area contributed by atoms with Gasteiger partial charge in [0.15, 0.2) is 5.65 Å². The maximum atomic E-state index is 4.54. The smallest absolute Gasteiger partial charge is 0.177 e.